The largest absolute Gasteiger partial charge is 0.494 e. The van der Waals surface area contributed by atoms with Crippen LogP contribution in [0.3, 0.4) is 0 Å². The predicted octanol–water partition coefficient (Wildman–Crippen LogP) is 3.25. The van der Waals surface area contributed by atoms with Crippen molar-refractivity contribution in [2.75, 3.05) is 6.61 Å². The lowest BCUT2D eigenvalue weighted by Gasteiger charge is -2.32. The number of hydrogen-bond donors (Lipinski definition) is 0. The zero-order valence-electron chi connectivity index (χ0n) is 10.6. The smallest absolute Gasteiger partial charge is 0.122 e. The van der Waals surface area contributed by atoms with Gasteiger partial charge < -0.3 is 9.47 Å². The molecule has 0 atom stereocenters. The molecule has 0 aromatic heterocycles. The Labute approximate surface area is 97.6 Å². The first-order valence-electron chi connectivity index (χ1n) is 5.91. The Morgan fingerprint density at radius 2 is 2.06 bits per heavy atom. The summed E-state index contributed by atoms with van der Waals surface area (Å²) in [5.41, 5.74) is 3.82. The van der Waals surface area contributed by atoms with Crippen molar-refractivity contribution in [1.29, 1.82) is 0 Å². The van der Waals surface area contributed by atoms with Crippen LogP contribution in [-0.2, 0) is 17.8 Å². The highest BCUT2D eigenvalue weighted by atomic mass is 16.5. The van der Waals surface area contributed by atoms with Gasteiger partial charge in [0, 0.05) is 6.42 Å². The lowest BCUT2D eigenvalue weighted by atomic mass is 9.90. The molecule has 1 aliphatic heterocycles. The Kier molecular flexibility index (Phi) is 2.94. The second kappa shape index (κ2) is 4.10. The van der Waals surface area contributed by atoms with Gasteiger partial charge in [-0.2, -0.15) is 0 Å². The minimum absolute atomic E-state index is 0.0499. The van der Waals surface area contributed by atoms with E-state index >= 15 is 0 Å². The van der Waals surface area contributed by atoms with Crippen LogP contribution in [0.2, 0.25) is 0 Å². The minimum Gasteiger partial charge on any atom is -0.494 e. The van der Waals surface area contributed by atoms with Gasteiger partial charge in [-0.3, -0.25) is 0 Å². The maximum Gasteiger partial charge on any atom is 0.122 e. The molecule has 0 bridgehead atoms. The van der Waals surface area contributed by atoms with Gasteiger partial charge in [0.05, 0.1) is 18.8 Å². The molecule has 2 heteroatoms. The van der Waals surface area contributed by atoms with Crippen molar-refractivity contribution >= 4 is 0 Å². The van der Waals surface area contributed by atoms with Crippen LogP contribution in [0, 0.1) is 6.92 Å². The van der Waals surface area contributed by atoms with Crippen molar-refractivity contribution < 1.29 is 9.47 Å². The first-order chi connectivity index (χ1) is 7.52. The molecule has 2 rings (SSSR count). The van der Waals surface area contributed by atoms with E-state index in [9.17, 15) is 0 Å². The molecule has 88 valence electrons. The molecule has 0 N–H and O–H groups in total. The van der Waals surface area contributed by atoms with E-state index in [1.54, 1.807) is 0 Å². The van der Waals surface area contributed by atoms with Crippen molar-refractivity contribution in [2.45, 2.75) is 46.3 Å². The van der Waals surface area contributed by atoms with Crippen LogP contribution in [-0.4, -0.2) is 12.2 Å². The summed E-state index contributed by atoms with van der Waals surface area (Å²) < 4.78 is 11.4. The third kappa shape index (κ3) is 2.22. The second-order valence-electron chi connectivity index (χ2n) is 5.04. The Morgan fingerprint density at radius 3 is 2.75 bits per heavy atom. The summed E-state index contributed by atoms with van der Waals surface area (Å²) in [6.45, 7) is 9.82. The quantitative estimate of drug-likeness (QED) is 0.761. The van der Waals surface area contributed by atoms with Crippen molar-refractivity contribution in [3.8, 4) is 5.75 Å². The third-order valence-electron chi connectivity index (χ3n) is 3.03. The highest BCUT2D eigenvalue weighted by molar-refractivity contribution is 5.43. The SMILES string of the molecule is CCOc1cc2c(cc1C)COC(C)(C)C2. The van der Waals surface area contributed by atoms with Gasteiger partial charge in [0.2, 0.25) is 0 Å². The van der Waals surface area contributed by atoms with E-state index in [1.165, 1.54) is 16.7 Å². The summed E-state index contributed by atoms with van der Waals surface area (Å²) in [5.74, 6) is 1.01. The molecule has 1 aromatic carbocycles. The number of benzene rings is 1. The highest BCUT2D eigenvalue weighted by Gasteiger charge is 2.26. The van der Waals surface area contributed by atoms with Crippen molar-refractivity contribution in [3.05, 3.63) is 28.8 Å². The van der Waals surface area contributed by atoms with Gasteiger partial charge in [-0.05, 0) is 56.5 Å². The average Bonchev–Trinajstić information content (AvgIpc) is 2.19. The molecule has 0 saturated heterocycles. The maximum atomic E-state index is 5.81. The van der Waals surface area contributed by atoms with Crippen molar-refractivity contribution in [3.63, 3.8) is 0 Å². The van der Waals surface area contributed by atoms with Crippen LogP contribution in [0.25, 0.3) is 0 Å². The van der Waals surface area contributed by atoms with Gasteiger partial charge in [-0.15, -0.1) is 0 Å². The molecular formula is C14H20O2. The molecule has 0 aliphatic carbocycles. The lowest BCUT2D eigenvalue weighted by molar-refractivity contribution is -0.0401. The number of aryl methyl sites for hydroxylation is 1. The molecule has 1 aliphatic rings. The third-order valence-corrected chi connectivity index (χ3v) is 3.03. The van der Waals surface area contributed by atoms with E-state index in [4.69, 9.17) is 9.47 Å². The molecule has 16 heavy (non-hydrogen) atoms. The first-order valence-corrected chi connectivity index (χ1v) is 5.91. The molecular weight excluding hydrogens is 200 g/mol. The zero-order chi connectivity index (χ0) is 11.8. The maximum absolute atomic E-state index is 5.81. The van der Waals surface area contributed by atoms with E-state index in [2.05, 4.69) is 32.9 Å². The molecule has 0 spiro atoms. The number of ether oxygens (including phenoxy) is 2. The van der Waals surface area contributed by atoms with Crippen LogP contribution in [0.1, 0.15) is 37.5 Å². The monoisotopic (exact) mass is 220 g/mol. The number of fused-ring (bicyclic) bond motifs is 1. The van der Waals surface area contributed by atoms with E-state index in [1.807, 2.05) is 6.92 Å². The number of hydrogen-bond acceptors (Lipinski definition) is 2. The summed E-state index contributed by atoms with van der Waals surface area (Å²) in [7, 11) is 0. The van der Waals surface area contributed by atoms with E-state index in [0.29, 0.717) is 0 Å². The Hall–Kier alpha value is -1.02. The van der Waals surface area contributed by atoms with Crippen LogP contribution in [0.5, 0.6) is 5.75 Å². The van der Waals surface area contributed by atoms with Crippen molar-refractivity contribution in [1.82, 2.24) is 0 Å². The summed E-state index contributed by atoms with van der Waals surface area (Å²) in [6.07, 6.45) is 0.961. The van der Waals surface area contributed by atoms with E-state index in [-0.39, 0.29) is 5.60 Å². The van der Waals surface area contributed by atoms with E-state index < -0.39 is 0 Å². The van der Waals surface area contributed by atoms with Crippen LogP contribution in [0.4, 0.5) is 0 Å². The van der Waals surface area contributed by atoms with Crippen LogP contribution in [0.15, 0.2) is 12.1 Å². The molecule has 1 heterocycles. The molecule has 1 aromatic rings. The average molecular weight is 220 g/mol. The fraction of sp³-hybridized carbons (Fsp3) is 0.571. The Bertz CT molecular complexity index is 394. The van der Waals surface area contributed by atoms with Gasteiger partial charge in [0.25, 0.3) is 0 Å². The zero-order valence-corrected chi connectivity index (χ0v) is 10.6. The Balaban J connectivity index is 2.36. The molecule has 2 nitrogen and oxygen atoms in total. The highest BCUT2D eigenvalue weighted by Crippen LogP contribution is 2.32. The summed E-state index contributed by atoms with van der Waals surface area (Å²) in [4.78, 5) is 0. The molecule has 0 fully saturated rings. The van der Waals surface area contributed by atoms with E-state index in [0.717, 1.165) is 25.4 Å². The summed E-state index contributed by atoms with van der Waals surface area (Å²) >= 11 is 0. The van der Waals surface area contributed by atoms with Gasteiger partial charge >= 0.3 is 0 Å². The normalized spacial score (nSPS) is 18.0. The van der Waals surface area contributed by atoms with Gasteiger partial charge in [0.15, 0.2) is 0 Å². The van der Waals surface area contributed by atoms with Crippen LogP contribution < -0.4 is 4.74 Å². The molecule has 0 radical (unpaired) electrons. The molecule has 0 unspecified atom stereocenters. The van der Waals surface area contributed by atoms with Crippen LogP contribution >= 0.6 is 0 Å². The fourth-order valence-electron chi connectivity index (χ4n) is 2.18. The standard InChI is InChI=1S/C14H20O2/c1-5-15-13-7-11-8-14(3,4)16-9-12(11)6-10(13)2/h6-7H,5,8-9H2,1-4H3. The molecule has 0 amide bonds. The topological polar surface area (TPSA) is 18.5 Å². The predicted molar refractivity (Wildman–Crippen MR) is 64.9 cm³/mol. The molecule has 0 saturated carbocycles. The first kappa shape index (κ1) is 11.5. The lowest BCUT2D eigenvalue weighted by Crippen LogP contribution is -2.31. The number of rotatable bonds is 2. The van der Waals surface area contributed by atoms with Gasteiger partial charge in [-0.25, -0.2) is 0 Å². The van der Waals surface area contributed by atoms with Gasteiger partial charge in [0.1, 0.15) is 5.75 Å². The van der Waals surface area contributed by atoms with Gasteiger partial charge in [-0.1, -0.05) is 0 Å². The second-order valence-corrected chi connectivity index (χ2v) is 5.04. The fourth-order valence-corrected chi connectivity index (χ4v) is 2.18. The van der Waals surface area contributed by atoms with Crippen molar-refractivity contribution in [2.24, 2.45) is 0 Å². The Morgan fingerprint density at radius 1 is 1.31 bits per heavy atom. The minimum atomic E-state index is -0.0499. The summed E-state index contributed by atoms with van der Waals surface area (Å²) in [5, 5.41) is 0. The summed E-state index contributed by atoms with van der Waals surface area (Å²) in [6, 6.07) is 4.37.